The van der Waals surface area contributed by atoms with Crippen LogP contribution in [0.25, 0.3) is 0 Å². The highest BCUT2D eigenvalue weighted by Gasteiger charge is 2.69. The van der Waals surface area contributed by atoms with Gasteiger partial charge in [-0.05, 0) is 36.0 Å². The quantitative estimate of drug-likeness (QED) is 0.434. The Morgan fingerprint density at radius 2 is 1.94 bits per heavy atom. The normalized spacial score (nSPS) is 29.4. The lowest BCUT2D eigenvalue weighted by atomic mass is 9.94. The molecule has 3 amide bonds. The standard InChI is InChI=1S/C22H32F3N3O6/c1-10(2)17(30)20(33)28-8-12-15(21(12,3)4)16(28)19(32)27-13(7-11-5-6-26-18(11)31)14(29)9-34-22(23,24)25/h10-13,15-17,30H,5-9H2,1-4H3,(H,26,31)(H,27,32)/t11-,12-,13?,15-,16-,17?/m0/s1. The van der Waals surface area contributed by atoms with E-state index >= 15 is 0 Å². The molecule has 0 aromatic rings. The first-order valence-corrected chi connectivity index (χ1v) is 11.4. The van der Waals surface area contributed by atoms with Crippen LogP contribution >= 0.6 is 0 Å². The van der Waals surface area contributed by atoms with Gasteiger partial charge in [-0.3, -0.25) is 23.9 Å². The van der Waals surface area contributed by atoms with Crippen LogP contribution in [0.1, 0.15) is 40.5 Å². The number of hydrogen-bond donors (Lipinski definition) is 3. The van der Waals surface area contributed by atoms with Crippen LogP contribution in [0.5, 0.6) is 0 Å². The van der Waals surface area contributed by atoms with Crippen molar-refractivity contribution < 1.29 is 42.2 Å². The van der Waals surface area contributed by atoms with Gasteiger partial charge in [0.15, 0.2) is 5.78 Å². The second-order valence-electron chi connectivity index (χ2n) is 10.4. The molecule has 34 heavy (non-hydrogen) atoms. The van der Waals surface area contributed by atoms with Gasteiger partial charge in [0.2, 0.25) is 11.8 Å². The van der Waals surface area contributed by atoms with Crippen molar-refractivity contribution in [1.29, 1.82) is 0 Å². The third kappa shape index (κ3) is 5.37. The fourth-order valence-electron chi connectivity index (χ4n) is 5.20. The van der Waals surface area contributed by atoms with Crippen LogP contribution in [-0.2, 0) is 23.9 Å². The van der Waals surface area contributed by atoms with E-state index < -0.39 is 54.7 Å². The lowest BCUT2D eigenvalue weighted by molar-refractivity contribution is -0.321. The Hall–Kier alpha value is -2.21. The van der Waals surface area contributed by atoms with Crippen molar-refractivity contribution in [3.63, 3.8) is 0 Å². The number of aliphatic hydroxyl groups excluding tert-OH is 1. The highest BCUT2D eigenvalue weighted by molar-refractivity contribution is 5.95. The smallest absolute Gasteiger partial charge is 0.383 e. The zero-order chi connectivity index (χ0) is 25.6. The summed E-state index contributed by atoms with van der Waals surface area (Å²) in [5, 5.41) is 15.4. The molecular formula is C22H32F3N3O6. The summed E-state index contributed by atoms with van der Waals surface area (Å²) in [5.74, 6) is -3.87. The number of nitrogens with zero attached hydrogens (tertiary/aromatic N) is 1. The number of ketones is 1. The molecule has 0 spiro atoms. The van der Waals surface area contributed by atoms with Gasteiger partial charge < -0.3 is 20.6 Å². The number of carbonyl (C=O) groups is 4. The van der Waals surface area contributed by atoms with E-state index in [1.54, 1.807) is 13.8 Å². The van der Waals surface area contributed by atoms with Gasteiger partial charge in [-0.15, -0.1) is 13.2 Å². The molecule has 6 atom stereocenters. The third-order valence-electron chi connectivity index (χ3n) is 7.41. The zero-order valence-corrected chi connectivity index (χ0v) is 19.6. The summed E-state index contributed by atoms with van der Waals surface area (Å²) in [7, 11) is 0. The Morgan fingerprint density at radius 1 is 1.29 bits per heavy atom. The van der Waals surface area contributed by atoms with Gasteiger partial charge in [-0.2, -0.15) is 0 Å². The lowest BCUT2D eigenvalue weighted by Crippen LogP contribution is -2.56. The number of fused-ring (bicyclic) bond motifs is 1. The fraction of sp³-hybridized carbons (Fsp3) is 0.818. The van der Waals surface area contributed by atoms with Crippen LogP contribution in [0.15, 0.2) is 0 Å². The summed E-state index contributed by atoms with van der Waals surface area (Å²) < 4.78 is 41.1. The first-order chi connectivity index (χ1) is 15.6. The van der Waals surface area contributed by atoms with Crippen LogP contribution < -0.4 is 10.6 Å². The summed E-state index contributed by atoms with van der Waals surface area (Å²) in [5.41, 5.74) is -0.244. The van der Waals surface area contributed by atoms with E-state index in [0.717, 1.165) is 0 Å². The third-order valence-corrected chi connectivity index (χ3v) is 7.41. The summed E-state index contributed by atoms with van der Waals surface area (Å²) in [6, 6.07) is -2.37. The van der Waals surface area contributed by atoms with Crippen molar-refractivity contribution in [2.75, 3.05) is 19.7 Å². The number of hydrogen-bond acceptors (Lipinski definition) is 6. The number of aliphatic hydroxyl groups is 1. The molecule has 2 saturated heterocycles. The average molecular weight is 492 g/mol. The van der Waals surface area contributed by atoms with Crippen LogP contribution in [0.4, 0.5) is 13.2 Å². The molecule has 0 aromatic heterocycles. The Balaban J connectivity index is 1.78. The van der Waals surface area contributed by atoms with Crippen molar-refractivity contribution in [3.05, 3.63) is 0 Å². The molecule has 12 heteroatoms. The van der Waals surface area contributed by atoms with Gasteiger partial charge in [0.1, 0.15) is 18.8 Å². The molecule has 1 saturated carbocycles. The number of piperidine rings is 1. The van der Waals surface area contributed by atoms with Gasteiger partial charge in [-0.25, -0.2) is 0 Å². The fourth-order valence-corrected chi connectivity index (χ4v) is 5.20. The van der Waals surface area contributed by atoms with E-state index in [4.69, 9.17) is 0 Å². The van der Waals surface area contributed by atoms with Crippen LogP contribution in [-0.4, -0.2) is 77.8 Å². The van der Waals surface area contributed by atoms with E-state index in [9.17, 15) is 37.5 Å². The zero-order valence-electron chi connectivity index (χ0n) is 19.6. The Bertz CT molecular complexity index is 846. The highest BCUT2D eigenvalue weighted by Crippen LogP contribution is 2.65. The van der Waals surface area contributed by atoms with Crippen molar-refractivity contribution in [1.82, 2.24) is 15.5 Å². The average Bonchev–Trinajstić information content (AvgIpc) is 3.10. The molecule has 9 nitrogen and oxygen atoms in total. The van der Waals surface area contributed by atoms with Crippen molar-refractivity contribution in [3.8, 4) is 0 Å². The molecule has 2 unspecified atom stereocenters. The first-order valence-electron chi connectivity index (χ1n) is 11.4. The number of alkyl halides is 3. The van der Waals surface area contributed by atoms with Crippen molar-refractivity contribution in [2.45, 2.75) is 65.1 Å². The number of halogens is 3. The van der Waals surface area contributed by atoms with E-state index in [2.05, 4.69) is 15.4 Å². The molecule has 3 rings (SSSR count). The molecule has 3 fully saturated rings. The van der Waals surface area contributed by atoms with Crippen LogP contribution in [0.2, 0.25) is 0 Å². The van der Waals surface area contributed by atoms with Crippen LogP contribution in [0.3, 0.4) is 0 Å². The summed E-state index contributed by atoms with van der Waals surface area (Å²) in [6.07, 6.45) is -6.13. The topological polar surface area (TPSA) is 125 Å². The van der Waals surface area contributed by atoms with Gasteiger partial charge in [0.05, 0.1) is 6.04 Å². The molecule has 0 aromatic carbocycles. The molecular weight excluding hydrogens is 459 g/mol. The number of carbonyl (C=O) groups excluding carboxylic acids is 4. The first kappa shape index (κ1) is 26.4. The van der Waals surface area contributed by atoms with Gasteiger partial charge >= 0.3 is 6.36 Å². The number of amides is 3. The molecule has 0 bridgehead atoms. The monoisotopic (exact) mass is 491 g/mol. The van der Waals surface area contributed by atoms with E-state index in [-0.39, 0.29) is 42.0 Å². The molecule has 2 heterocycles. The van der Waals surface area contributed by atoms with E-state index in [0.29, 0.717) is 13.0 Å². The number of likely N-dealkylation sites (tertiary alicyclic amines) is 1. The second kappa shape index (κ2) is 9.44. The molecule has 0 radical (unpaired) electrons. The number of rotatable bonds is 9. The molecule has 3 aliphatic rings. The minimum Gasteiger partial charge on any atom is -0.383 e. The maximum Gasteiger partial charge on any atom is 0.522 e. The maximum atomic E-state index is 13.3. The number of ether oxygens (including phenoxy) is 1. The Kier molecular flexibility index (Phi) is 7.33. The minimum absolute atomic E-state index is 0.0230. The molecule has 3 N–H and O–H groups in total. The summed E-state index contributed by atoms with van der Waals surface area (Å²) >= 11 is 0. The molecule has 1 aliphatic carbocycles. The van der Waals surface area contributed by atoms with Gasteiger partial charge in [0.25, 0.3) is 5.91 Å². The largest absolute Gasteiger partial charge is 0.522 e. The van der Waals surface area contributed by atoms with E-state index in [1.807, 2.05) is 13.8 Å². The van der Waals surface area contributed by atoms with Gasteiger partial charge in [-0.1, -0.05) is 27.7 Å². The summed E-state index contributed by atoms with van der Waals surface area (Å²) in [6.45, 7) is 6.56. The predicted molar refractivity (Wildman–Crippen MR) is 112 cm³/mol. The molecule has 2 aliphatic heterocycles. The highest BCUT2D eigenvalue weighted by atomic mass is 19.4. The van der Waals surface area contributed by atoms with E-state index in [1.165, 1.54) is 4.90 Å². The lowest BCUT2D eigenvalue weighted by Gasteiger charge is -2.33. The predicted octanol–water partition coefficient (Wildman–Crippen LogP) is 0.603. The maximum absolute atomic E-state index is 13.3. The number of Topliss-reactive ketones (excluding diaryl/α,β-unsaturated/α-hetero) is 1. The Labute approximate surface area is 195 Å². The number of nitrogens with one attached hydrogen (secondary N) is 2. The molecule has 192 valence electrons. The second-order valence-corrected chi connectivity index (χ2v) is 10.4. The minimum atomic E-state index is -5.03. The Morgan fingerprint density at radius 3 is 2.47 bits per heavy atom. The SMILES string of the molecule is CC(C)C(O)C(=O)N1C[C@H]2[C@@H]([C@H]1C(=O)NC(C[C@@H]1CCNC1=O)C(=O)COC(F)(F)F)C2(C)C. The van der Waals surface area contributed by atoms with Crippen molar-refractivity contribution in [2.24, 2.45) is 29.1 Å². The summed E-state index contributed by atoms with van der Waals surface area (Å²) in [4.78, 5) is 52.1. The van der Waals surface area contributed by atoms with Crippen molar-refractivity contribution >= 4 is 23.5 Å². The van der Waals surface area contributed by atoms with Gasteiger partial charge in [0, 0.05) is 19.0 Å². The van der Waals surface area contributed by atoms with Crippen LogP contribution in [0, 0.1) is 29.1 Å².